The number of halogens is 1. The SMILES string of the molecule is CCCCOC(=O)CC1C(=O)NCCN1C(=O)CNc1ccc(Cl)c(C(=O)NC2CCCCC2)c1. The van der Waals surface area contributed by atoms with Crippen LogP contribution in [0.3, 0.4) is 0 Å². The Hall–Kier alpha value is -2.81. The van der Waals surface area contributed by atoms with Crippen LogP contribution in [0.5, 0.6) is 0 Å². The van der Waals surface area contributed by atoms with Crippen molar-refractivity contribution in [3.05, 3.63) is 28.8 Å². The van der Waals surface area contributed by atoms with Gasteiger partial charge in [0, 0.05) is 24.8 Å². The minimum atomic E-state index is -0.908. The second-order valence-electron chi connectivity index (χ2n) is 9.03. The minimum absolute atomic E-state index is 0.0972. The van der Waals surface area contributed by atoms with E-state index in [4.69, 9.17) is 16.3 Å². The molecular weight excluding hydrogens is 472 g/mol. The van der Waals surface area contributed by atoms with Crippen LogP contribution >= 0.6 is 11.6 Å². The van der Waals surface area contributed by atoms with E-state index in [0.717, 1.165) is 38.5 Å². The average molecular weight is 507 g/mol. The van der Waals surface area contributed by atoms with Crippen molar-refractivity contribution in [2.75, 3.05) is 31.6 Å². The van der Waals surface area contributed by atoms with E-state index in [1.165, 1.54) is 11.3 Å². The summed E-state index contributed by atoms with van der Waals surface area (Å²) in [5, 5.41) is 9.11. The van der Waals surface area contributed by atoms with Gasteiger partial charge in [-0.3, -0.25) is 19.2 Å². The smallest absolute Gasteiger partial charge is 0.308 e. The highest BCUT2D eigenvalue weighted by atomic mass is 35.5. The van der Waals surface area contributed by atoms with Crippen molar-refractivity contribution in [3.63, 3.8) is 0 Å². The third kappa shape index (κ3) is 7.85. The topological polar surface area (TPSA) is 117 Å². The summed E-state index contributed by atoms with van der Waals surface area (Å²) in [6.45, 7) is 2.81. The Kier molecular flexibility index (Phi) is 10.2. The van der Waals surface area contributed by atoms with E-state index in [-0.39, 0.29) is 36.7 Å². The van der Waals surface area contributed by atoms with E-state index >= 15 is 0 Å². The van der Waals surface area contributed by atoms with Gasteiger partial charge in [0.15, 0.2) is 0 Å². The van der Waals surface area contributed by atoms with Crippen LogP contribution in [-0.4, -0.2) is 66.9 Å². The second kappa shape index (κ2) is 13.3. The summed E-state index contributed by atoms with van der Waals surface area (Å²) in [7, 11) is 0. The number of carbonyl (C=O) groups excluding carboxylic acids is 4. The number of unbranched alkanes of at least 4 members (excludes halogenated alkanes) is 1. The molecule has 3 amide bonds. The van der Waals surface area contributed by atoms with Gasteiger partial charge >= 0.3 is 5.97 Å². The third-order valence-electron chi connectivity index (χ3n) is 6.37. The molecule has 1 aromatic rings. The van der Waals surface area contributed by atoms with Gasteiger partial charge in [-0.1, -0.05) is 44.2 Å². The summed E-state index contributed by atoms with van der Waals surface area (Å²) in [5.74, 6) is -1.43. The molecule has 3 N–H and O–H groups in total. The molecule has 2 fully saturated rings. The maximum Gasteiger partial charge on any atom is 0.308 e. The molecule has 0 bridgehead atoms. The summed E-state index contributed by atoms with van der Waals surface area (Å²) in [6, 6.07) is 4.18. The van der Waals surface area contributed by atoms with Crippen LogP contribution in [0, 0.1) is 0 Å². The van der Waals surface area contributed by atoms with Crippen molar-refractivity contribution in [2.45, 2.75) is 70.4 Å². The zero-order chi connectivity index (χ0) is 25.2. The molecular formula is C25H35ClN4O5. The van der Waals surface area contributed by atoms with Crippen LogP contribution in [0.25, 0.3) is 0 Å². The van der Waals surface area contributed by atoms with Gasteiger partial charge in [-0.2, -0.15) is 0 Å². The van der Waals surface area contributed by atoms with Crippen molar-refractivity contribution in [3.8, 4) is 0 Å². The van der Waals surface area contributed by atoms with Crippen LogP contribution in [0.1, 0.15) is 68.6 Å². The molecule has 1 atom stereocenters. The first-order valence-electron chi connectivity index (χ1n) is 12.5. The fourth-order valence-electron chi connectivity index (χ4n) is 4.36. The van der Waals surface area contributed by atoms with Crippen molar-refractivity contribution in [1.29, 1.82) is 0 Å². The number of esters is 1. The number of benzene rings is 1. The molecule has 0 spiro atoms. The number of nitrogens with zero attached hydrogens (tertiary/aromatic N) is 1. The fraction of sp³-hybridized carbons (Fsp3) is 0.600. The molecule has 1 saturated carbocycles. The highest BCUT2D eigenvalue weighted by Crippen LogP contribution is 2.23. The summed E-state index contributed by atoms with van der Waals surface area (Å²) in [5.41, 5.74) is 0.910. The van der Waals surface area contributed by atoms with E-state index in [1.54, 1.807) is 18.2 Å². The Morgan fingerprint density at radius 1 is 1.20 bits per heavy atom. The number of anilines is 1. The highest BCUT2D eigenvalue weighted by Gasteiger charge is 2.35. The zero-order valence-electron chi connectivity index (χ0n) is 20.2. The number of ether oxygens (including phenoxy) is 1. The molecule has 192 valence electrons. The quantitative estimate of drug-likeness (QED) is 0.332. The molecule has 1 heterocycles. The first kappa shape index (κ1) is 26.8. The molecule has 10 heteroatoms. The third-order valence-corrected chi connectivity index (χ3v) is 6.70. The predicted octanol–water partition coefficient (Wildman–Crippen LogP) is 2.87. The summed E-state index contributed by atoms with van der Waals surface area (Å²) < 4.78 is 5.17. The lowest BCUT2D eigenvalue weighted by atomic mass is 9.95. The molecule has 1 unspecified atom stereocenters. The van der Waals surface area contributed by atoms with Crippen LogP contribution in [0.15, 0.2) is 18.2 Å². The van der Waals surface area contributed by atoms with Gasteiger partial charge in [-0.25, -0.2) is 0 Å². The van der Waals surface area contributed by atoms with E-state index in [0.29, 0.717) is 36.0 Å². The average Bonchev–Trinajstić information content (AvgIpc) is 2.85. The number of piperazine rings is 1. The molecule has 0 radical (unpaired) electrons. The van der Waals surface area contributed by atoms with E-state index in [9.17, 15) is 19.2 Å². The normalized spacial score (nSPS) is 18.5. The van der Waals surface area contributed by atoms with Crippen LogP contribution in [0.2, 0.25) is 5.02 Å². The molecule has 1 aliphatic carbocycles. The van der Waals surface area contributed by atoms with Crippen LogP contribution < -0.4 is 16.0 Å². The number of rotatable bonds is 10. The predicted molar refractivity (Wildman–Crippen MR) is 133 cm³/mol. The van der Waals surface area contributed by atoms with E-state index in [1.807, 2.05) is 6.92 Å². The largest absolute Gasteiger partial charge is 0.466 e. The van der Waals surface area contributed by atoms with Crippen LogP contribution in [-0.2, 0) is 19.1 Å². The minimum Gasteiger partial charge on any atom is -0.466 e. The maximum atomic E-state index is 12.9. The number of carbonyl (C=O) groups is 4. The van der Waals surface area contributed by atoms with Gasteiger partial charge in [-0.15, -0.1) is 0 Å². The van der Waals surface area contributed by atoms with Gasteiger partial charge in [0.2, 0.25) is 11.8 Å². The lowest BCUT2D eigenvalue weighted by Gasteiger charge is -2.34. The Bertz CT molecular complexity index is 919. The van der Waals surface area contributed by atoms with Gasteiger partial charge in [0.25, 0.3) is 5.91 Å². The zero-order valence-corrected chi connectivity index (χ0v) is 21.0. The van der Waals surface area contributed by atoms with Crippen molar-refractivity contribution in [1.82, 2.24) is 15.5 Å². The van der Waals surface area contributed by atoms with Gasteiger partial charge in [-0.05, 0) is 37.5 Å². The summed E-state index contributed by atoms with van der Waals surface area (Å²) in [6.07, 6.45) is 6.79. The Morgan fingerprint density at radius 3 is 2.71 bits per heavy atom. The van der Waals surface area contributed by atoms with E-state index in [2.05, 4.69) is 16.0 Å². The van der Waals surface area contributed by atoms with Crippen molar-refractivity contribution < 1.29 is 23.9 Å². The first-order chi connectivity index (χ1) is 16.9. The lowest BCUT2D eigenvalue weighted by molar-refractivity contribution is -0.151. The van der Waals surface area contributed by atoms with Gasteiger partial charge in [0.1, 0.15) is 6.04 Å². The van der Waals surface area contributed by atoms with Crippen molar-refractivity contribution in [2.24, 2.45) is 0 Å². The van der Waals surface area contributed by atoms with Gasteiger partial charge < -0.3 is 25.6 Å². The molecule has 1 saturated heterocycles. The Morgan fingerprint density at radius 2 is 1.97 bits per heavy atom. The molecule has 9 nitrogen and oxygen atoms in total. The monoisotopic (exact) mass is 506 g/mol. The highest BCUT2D eigenvalue weighted by molar-refractivity contribution is 6.34. The Labute approximate surface area is 211 Å². The number of hydrogen-bond acceptors (Lipinski definition) is 6. The fourth-order valence-corrected chi connectivity index (χ4v) is 4.57. The molecule has 2 aliphatic rings. The van der Waals surface area contributed by atoms with Crippen molar-refractivity contribution >= 4 is 41.0 Å². The first-order valence-corrected chi connectivity index (χ1v) is 12.8. The molecule has 0 aromatic heterocycles. The lowest BCUT2D eigenvalue weighted by Crippen LogP contribution is -2.58. The second-order valence-corrected chi connectivity index (χ2v) is 9.44. The standard InChI is InChI=1S/C25H35ClN4O5/c1-2-3-13-35-23(32)15-21-25(34)27-11-12-30(21)22(31)16-28-18-9-10-20(26)19(14-18)24(33)29-17-7-5-4-6-8-17/h9-10,14,17,21,28H,2-8,11-13,15-16H2,1H3,(H,27,34)(H,29,33). The summed E-state index contributed by atoms with van der Waals surface area (Å²) in [4.78, 5) is 51.6. The van der Waals surface area contributed by atoms with Gasteiger partial charge in [0.05, 0.1) is 30.2 Å². The molecule has 3 rings (SSSR count). The summed E-state index contributed by atoms with van der Waals surface area (Å²) >= 11 is 6.27. The number of nitrogens with one attached hydrogen (secondary N) is 3. The Balaban J connectivity index is 1.58. The molecule has 1 aromatic carbocycles. The van der Waals surface area contributed by atoms with E-state index < -0.39 is 12.0 Å². The number of amides is 3. The molecule has 1 aliphatic heterocycles. The number of hydrogen-bond donors (Lipinski definition) is 3. The maximum absolute atomic E-state index is 12.9. The molecule has 35 heavy (non-hydrogen) atoms. The van der Waals surface area contributed by atoms with Crippen LogP contribution in [0.4, 0.5) is 5.69 Å².